The molecule has 0 aromatic carbocycles. The molecule has 0 saturated carbocycles. The molecule has 0 fully saturated rings. The van der Waals surface area contributed by atoms with E-state index in [-0.39, 0.29) is 19.5 Å². The highest BCUT2D eigenvalue weighted by Gasteiger charge is 2.32. The van der Waals surface area contributed by atoms with Crippen LogP contribution < -0.4 is 0 Å². The molecule has 5 nitrogen and oxygen atoms in total. The number of esters is 2. The Balaban J connectivity index is 3.51. The summed E-state index contributed by atoms with van der Waals surface area (Å²) in [6.07, 6.45) is 0.865. The quantitative estimate of drug-likeness (QED) is 0.245. The number of hydrogen-bond donors (Lipinski definition) is 0. The van der Waals surface area contributed by atoms with E-state index in [9.17, 15) is 14.4 Å². The van der Waals surface area contributed by atoms with Gasteiger partial charge >= 0.3 is 18.4 Å². The van der Waals surface area contributed by atoms with Crippen molar-refractivity contribution >= 4 is 53.2 Å². The van der Waals surface area contributed by atoms with E-state index < -0.39 is 15.7 Å². The molecule has 0 unspecified atom stereocenters. The standard InChI is InChI=1S/C8H9Cl3O5/c9-8(10,11)7(14)15-4-2-1-3-6(13)16-5-12/h5H,1-4H2. The topological polar surface area (TPSA) is 69.7 Å². The molecule has 0 aliphatic heterocycles. The van der Waals surface area contributed by atoms with Crippen LogP contribution in [-0.4, -0.2) is 28.8 Å². The van der Waals surface area contributed by atoms with Gasteiger partial charge in [-0.1, -0.05) is 34.8 Å². The van der Waals surface area contributed by atoms with Crippen LogP contribution in [-0.2, 0) is 23.9 Å². The fourth-order valence-corrected chi connectivity index (χ4v) is 0.894. The van der Waals surface area contributed by atoms with Crippen molar-refractivity contribution in [2.24, 2.45) is 0 Å². The Bertz CT molecular complexity index is 261. The Morgan fingerprint density at radius 2 is 1.81 bits per heavy atom. The average molecular weight is 292 g/mol. The molecule has 0 saturated heterocycles. The average Bonchev–Trinajstić information content (AvgIpc) is 2.16. The van der Waals surface area contributed by atoms with Crippen molar-refractivity contribution in [3.63, 3.8) is 0 Å². The molecule has 0 radical (unpaired) electrons. The number of carbonyl (C=O) groups is 3. The summed E-state index contributed by atoms with van der Waals surface area (Å²) >= 11 is 15.7. The molecule has 0 bridgehead atoms. The highest BCUT2D eigenvalue weighted by Crippen LogP contribution is 2.27. The van der Waals surface area contributed by atoms with Crippen molar-refractivity contribution in [1.82, 2.24) is 0 Å². The SMILES string of the molecule is O=COC(=O)CCCCOC(=O)C(Cl)(Cl)Cl. The Morgan fingerprint density at radius 1 is 1.19 bits per heavy atom. The van der Waals surface area contributed by atoms with Crippen LogP contribution in [0.5, 0.6) is 0 Å². The number of halogens is 3. The van der Waals surface area contributed by atoms with E-state index >= 15 is 0 Å². The zero-order chi connectivity index (χ0) is 12.6. The first-order chi connectivity index (χ1) is 7.38. The number of ether oxygens (including phenoxy) is 2. The van der Waals surface area contributed by atoms with E-state index in [0.29, 0.717) is 12.8 Å². The number of rotatable bonds is 6. The van der Waals surface area contributed by atoms with Crippen LogP contribution in [0.4, 0.5) is 0 Å². The van der Waals surface area contributed by atoms with Crippen molar-refractivity contribution in [3.8, 4) is 0 Å². The van der Waals surface area contributed by atoms with Crippen molar-refractivity contribution in [1.29, 1.82) is 0 Å². The molecule has 0 aromatic rings. The first-order valence-corrected chi connectivity index (χ1v) is 5.38. The van der Waals surface area contributed by atoms with E-state index in [4.69, 9.17) is 34.8 Å². The summed E-state index contributed by atoms with van der Waals surface area (Å²) in [6, 6.07) is 0. The summed E-state index contributed by atoms with van der Waals surface area (Å²) in [7, 11) is 0. The van der Waals surface area contributed by atoms with E-state index in [1.807, 2.05) is 0 Å². The maximum atomic E-state index is 10.9. The normalized spacial score (nSPS) is 10.7. The molecule has 0 amide bonds. The van der Waals surface area contributed by atoms with Gasteiger partial charge in [-0.15, -0.1) is 0 Å². The van der Waals surface area contributed by atoms with Gasteiger partial charge in [0, 0.05) is 6.42 Å². The Morgan fingerprint density at radius 3 is 2.31 bits per heavy atom. The molecule has 92 valence electrons. The zero-order valence-corrected chi connectivity index (χ0v) is 10.3. The second-order valence-electron chi connectivity index (χ2n) is 2.68. The van der Waals surface area contributed by atoms with Crippen molar-refractivity contribution < 1.29 is 23.9 Å². The van der Waals surface area contributed by atoms with E-state index in [0.717, 1.165) is 0 Å². The lowest BCUT2D eigenvalue weighted by molar-refractivity contribution is -0.151. The highest BCUT2D eigenvalue weighted by atomic mass is 35.6. The fourth-order valence-electron chi connectivity index (χ4n) is 0.731. The lowest BCUT2D eigenvalue weighted by Gasteiger charge is -2.09. The zero-order valence-electron chi connectivity index (χ0n) is 8.08. The van der Waals surface area contributed by atoms with E-state index in [2.05, 4.69) is 9.47 Å². The van der Waals surface area contributed by atoms with E-state index in [1.54, 1.807) is 0 Å². The molecule has 0 atom stereocenters. The van der Waals surface area contributed by atoms with Crippen molar-refractivity contribution in [3.05, 3.63) is 0 Å². The van der Waals surface area contributed by atoms with Crippen molar-refractivity contribution in [2.45, 2.75) is 23.1 Å². The van der Waals surface area contributed by atoms with Crippen LogP contribution in [0, 0.1) is 0 Å². The highest BCUT2D eigenvalue weighted by molar-refractivity contribution is 6.75. The summed E-state index contributed by atoms with van der Waals surface area (Å²) in [4.78, 5) is 31.3. The van der Waals surface area contributed by atoms with E-state index in [1.165, 1.54) is 0 Å². The Labute approximate surface area is 107 Å². The van der Waals surface area contributed by atoms with Gasteiger partial charge in [-0.25, -0.2) is 4.79 Å². The minimum absolute atomic E-state index is 0.0289. The predicted molar refractivity (Wildman–Crippen MR) is 57.3 cm³/mol. The van der Waals surface area contributed by atoms with Crippen LogP contribution in [0.25, 0.3) is 0 Å². The molecule has 16 heavy (non-hydrogen) atoms. The summed E-state index contributed by atoms with van der Waals surface area (Å²) in [5.74, 6) is -1.60. The monoisotopic (exact) mass is 290 g/mol. The van der Waals surface area contributed by atoms with Gasteiger partial charge in [-0.2, -0.15) is 0 Å². The van der Waals surface area contributed by atoms with Crippen LogP contribution in [0.2, 0.25) is 0 Å². The third-order valence-electron chi connectivity index (χ3n) is 1.42. The molecule has 0 aliphatic carbocycles. The molecule has 8 heteroatoms. The largest absolute Gasteiger partial charge is 0.463 e. The minimum atomic E-state index is -2.09. The van der Waals surface area contributed by atoms with Gasteiger partial charge in [-0.3, -0.25) is 9.59 Å². The second-order valence-corrected chi connectivity index (χ2v) is 4.96. The van der Waals surface area contributed by atoms with Crippen molar-refractivity contribution in [2.75, 3.05) is 6.61 Å². The molecular formula is C8H9Cl3O5. The number of hydrogen-bond acceptors (Lipinski definition) is 5. The smallest absolute Gasteiger partial charge is 0.358 e. The van der Waals surface area contributed by atoms with Crippen LogP contribution in [0.15, 0.2) is 0 Å². The predicted octanol–water partition coefficient (Wildman–Crippen LogP) is 1.77. The van der Waals surface area contributed by atoms with Gasteiger partial charge in [0.05, 0.1) is 6.61 Å². The van der Waals surface area contributed by atoms with Gasteiger partial charge < -0.3 is 9.47 Å². The van der Waals surface area contributed by atoms with Gasteiger partial charge in [0.15, 0.2) is 0 Å². The minimum Gasteiger partial charge on any atom is -0.463 e. The number of alkyl halides is 3. The first kappa shape index (κ1) is 15.5. The third-order valence-corrected chi connectivity index (χ3v) is 1.88. The molecule has 0 aliphatic rings. The maximum absolute atomic E-state index is 10.9. The summed E-state index contributed by atoms with van der Waals surface area (Å²) in [5.41, 5.74) is 0. The molecule has 0 heterocycles. The lowest BCUT2D eigenvalue weighted by Crippen LogP contribution is -2.22. The third kappa shape index (κ3) is 7.73. The van der Waals surface area contributed by atoms with Crippen LogP contribution in [0.1, 0.15) is 19.3 Å². The van der Waals surface area contributed by atoms with Crippen LogP contribution >= 0.6 is 34.8 Å². The molecule has 0 aromatic heterocycles. The Kier molecular flexibility index (Phi) is 7.45. The molecule has 0 N–H and O–H groups in total. The second kappa shape index (κ2) is 7.70. The Hall–Kier alpha value is -0.520. The summed E-state index contributed by atoms with van der Waals surface area (Å²) in [5, 5.41) is 0. The fraction of sp³-hybridized carbons (Fsp3) is 0.625. The molecule has 0 spiro atoms. The molecule has 0 rings (SSSR count). The summed E-state index contributed by atoms with van der Waals surface area (Å²) in [6.45, 7) is 0.0896. The van der Waals surface area contributed by atoms with Crippen LogP contribution in [0.3, 0.4) is 0 Å². The van der Waals surface area contributed by atoms with Gasteiger partial charge in [-0.05, 0) is 12.8 Å². The maximum Gasteiger partial charge on any atom is 0.358 e. The van der Waals surface area contributed by atoms with Gasteiger partial charge in [0.25, 0.3) is 3.79 Å². The summed E-state index contributed by atoms with van der Waals surface area (Å²) < 4.78 is 6.54. The van der Waals surface area contributed by atoms with Gasteiger partial charge in [0.2, 0.25) is 0 Å². The first-order valence-electron chi connectivity index (χ1n) is 4.25. The number of carbonyl (C=O) groups excluding carboxylic acids is 3. The lowest BCUT2D eigenvalue weighted by atomic mass is 10.2. The molecular weight excluding hydrogens is 282 g/mol. The van der Waals surface area contributed by atoms with Gasteiger partial charge in [0.1, 0.15) is 0 Å². The number of unbranched alkanes of at least 4 members (excludes halogenated alkanes) is 1.